The number of carbonyl (C=O) groups is 1. The average Bonchev–Trinajstić information content (AvgIpc) is 2.74. The van der Waals surface area contributed by atoms with E-state index >= 15 is 0 Å². The molecule has 2 rings (SSSR count). The fourth-order valence-electron chi connectivity index (χ4n) is 1.51. The molecule has 0 unspecified atom stereocenters. The van der Waals surface area contributed by atoms with Crippen molar-refractivity contribution in [2.75, 3.05) is 0 Å². The number of benzene rings is 1. The zero-order valence-corrected chi connectivity index (χ0v) is 9.96. The number of thiazole rings is 1. The fraction of sp³-hybridized carbons (Fsp3) is 0.231. The molecule has 0 saturated carbocycles. The van der Waals surface area contributed by atoms with Crippen molar-refractivity contribution in [3.8, 4) is 0 Å². The number of aromatic nitrogens is 1. The van der Waals surface area contributed by atoms with Crippen LogP contribution in [0.15, 0.2) is 35.8 Å². The normalized spacial score (nSPS) is 10.3. The molecule has 2 aromatic rings. The second kappa shape index (κ2) is 5.03. The van der Waals surface area contributed by atoms with Gasteiger partial charge in [0, 0.05) is 18.0 Å². The Morgan fingerprint density at radius 1 is 1.25 bits per heavy atom. The van der Waals surface area contributed by atoms with E-state index in [1.54, 1.807) is 6.20 Å². The van der Waals surface area contributed by atoms with Crippen LogP contribution in [0, 0.1) is 6.92 Å². The monoisotopic (exact) mass is 231 g/mol. The molecule has 1 aromatic carbocycles. The third-order valence-electron chi connectivity index (χ3n) is 2.35. The van der Waals surface area contributed by atoms with Crippen LogP contribution in [-0.4, -0.2) is 10.8 Å². The van der Waals surface area contributed by atoms with Gasteiger partial charge in [-0.05, 0) is 12.5 Å². The molecule has 0 spiro atoms. The number of rotatable bonds is 4. The predicted molar refractivity (Wildman–Crippen MR) is 65.7 cm³/mol. The first-order chi connectivity index (χ1) is 7.74. The maximum Gasteiger partial charge on any atom is 0.144 e. The van der Waals surface area contributed by atoms with E-state index in [9.17, 15) is 4.79 Å². The van der Waals surface area contributed by atoms with Crippen molar-refractivity contribution in [3.63, 3.8) is 0 Å². The molecule has 0 aliphatic heterocycles. The standard InChI is InChI=1S/C13H13NOS/c1-10-2-4-11(5-3-10)8-12(15)9-13-14-6-7-16-13/h2-7H,8-9H2,1H3. The lowest BCUT2D eigenvalue weighted by atomic mass is 10.1. The molecule has 0 N–H and O–H groups in total. The molecule has 16 heavy (non-hydrogen) atoms. The van der Waals surface area contributed by atoms with Crippen molar-refractivity contribution in [2.24, 2.45) is 0 Å². The number of Topliss-reactive ketones (excluding diaryl/α,β-unsaturated/α-hetero) is 1. The van der Waals surface area contributed by atoms with Gasteiger partial charge in [-0.15, -0.1) is 11.3 Å². The predicted octanol–water partition coefficient (Wildman–Crippen LogP) is 2.81. The maximum absolute atomic E-state index is 11.7. The third-order valence-corrected chi connectivity index (χ3v) is 3.13. The van der Waals surface area contributed by atoms with E-state index in [1.165, 1.54) is 16.9 Å². The van der Waals surface area contributed by atoms with Crippen molar-refractivity contribution in [2.45, 2.75) is 19.8 Å². The van der Waals surface area contributed by atoms with Crippen LogP contribution in [0.1, 0.15) is 16.1 Å². The van der Waals surface area contributed by atoms with E-state index in [0.717, 1.165) is 10.6 Å². The minimum absolute atomic E-state index is 0.221. The first-order valence-electron chi connectivity index (χ1n) is 5.19. The van der Waals surface area contributed by atoms with Crippen molar-refractivity contribution in [3.05, 3.63) is 52.0 Å². The average molecular weight is 231 g/mol. The Labute approximate surface area is 99.0 Å². The van der Waals surface area contributed by atoms with Gasteiger partial charge in [-0.25, -0.2) is 4.98 Å². The molecular weight excluding hydrogens is 218 g/mol. The zero-order chi connectivity index (χ0) is 11.4. The summed E-state index contributed by atoms with van der Waals surface area (Å²) >= 11 is 1.53. The molecule has 0 amide bonds. The van der Waals surface area contributed by atoms with Gasteiger partial charge >= 0.3 is 0 Å². The Bertz CT molecular complexity index is 459. The summed E-state index contributed by atoms with van der Waals surface area (Å²) in [6, 6.07) is 8.09. The van der Waals surface area contributed by atoms with E-state index in [2.05, 4.69) is 4.98 Å². The molecule has 82 valence electrons. The largest absolute Gasteiger partial charge is 0.299 e. The maximum atomic E-state index is 11.7. The molecule has 0 saturated heterocycles. The summed E-state index contributed by atoms with van der Waals surface area (Å²) in [5.74, 6) is 0.221. The summed E-state index contributed by atoms with van der Waals surface area (Å²) in [6.45, 7) is 2.04. The molecule has 2 nitrogen and oxygen atoms in total. The highest BCUT2D eigenvalue weighted by atomic mass is 32.1. The Balaban J connectivity index is 1.95. The van der Waals surface area contributed by atoms with Gasteiger partial charge in [0.15, 0.2) is 0 Å². The molecule has 3 heteroatoms. The molecule has 0 aliphatic rings. The Morgan fingerprint density at radius 2 is 2.00 bits per heavy atom. The third kappa shape index (κ3) is 3.00. The molecule has 0 aliphatic carbocycles. The summed E-state index contributed by atoms with van der Waals surface area (Å²) in [5.41, 5.74) is 2.29. The van der Waals surface area contributed by atoms with Gasteiger partial charge in [0.25, 0.3) is 0 Å². The minimum atomic E-state index is 0.221. The van der Waals surface area contributed by atoms with Crippen LogP contribution < -0.4 is 0 Å². The molecule has 0 radical (unpaired) electrons. The van der Waals surface area contributed by atoms with Crippen molar-refractivity contribution in [1.82, 2.24) is 4.98 Å². The second-order valence-electron chi connectivity index (χ2n) is 3.80. The number of hydrogen-bond donors (Lipinski definition) is 0. The highest BCUT2D eigenvalue weighted by Gasteiger charge is 2.06. The van der Waals surface area contributed by atoms with E-state index in [-0.39, 0.29) is 5.78 Å². The smallest absolute Gasteiger partial charge is 0.144 e. The number of ketones is 1. The van der Waals surface area contributed by atoms with Crippen LogP contribution in [-0.2, 0) is 17.6 Å². The van der Waals surface area contributed by atoms with Crippen molar-refractivity contribution < 1.29 is 4.79 Å². The molecular formula is C13H13NOS. The first kappa shape index (κ1) is 11.0. The first-order valence-corrected chi connectivity index (χ1v) is 6.07. The summed E-state index contributed by atoms with van der Waals surface area (Å²) in [5, 5.41) is 2.80. The fourth-order valence-corrected chi connectivity index (χ4v) is 2.15. The van der Waals surface area contributed by atoms with E-state index < -0.39 is 0 Å². The van der Waals surface area contributed by atoms with Crippen molar-refractivity contribution in [1.29, 1.82) is 0 Å². The second-order valence-corrected chi connectivity index (χ2v) is 4.78. The van der Waals surface area contributed by atoms with Gasteiger partial charge in [0.05, 0.1) is 11.4 Å². The van der Waals surface area contributed by atoms with Crippen LogP contribution >= 0.6 is 11.3 Å². The number of aryl methyl sites for hydroxylation is 1. The van der Waals surface area contributed by atoms with Gasteiger partial charge in [0.1, 0.15) is 5.78 Å². The molecule has 0 atom stereocenters. The lowest BCUT2D eigenvalue weighted by Gasteiger charge is -2.00. The lowest BCUT2D eigenvalue weighted by Crippen LogP contribution is -2.06. The van der Waals surface area contributed by atoms with Gasteiger partial charge in [-0.1, -0.05) is 29.8 Å². The summed E-state index contributed by atoms with van der Waals surface area (Å²) in [4.78, 5) is 15.8. The summed E-state index contributed by atoms with van der Waals surface area (Å²) < 4.78 is 0. The molecule has 1 heterocycles. The van der Waals surface area contributed by atoms with Crippen LogP contribution in [0.25, 0.3) is 0 Å². The van der Waals surface area contributed by atoms with E-state index in [0.29, 0.717) is 12.8 Å². The molecule has 0 fully saturated rings. The van der Waals surface area contributed by atoms with Gasteiger partial charge < -0.3 is 0 Å². The van der Waals surface area contributed by atoms with Gasteiger partial charge in [-0.2, -0.15) is 0 Å². The molecule has 0 bridgehead atoms. The number of carbonyl (C=O) groups excluding carboxylic acids is 1. The minimum Gasteiger partial charge on any atom is -0.299 e. The van der Waals surface area contributed by atoms with Crippen LogP contribution in [0.4, 0.5) is 0 Å². The lowest BCUT2D eigenvalue weighted by molar-refractivity contribution is -0.117. The van der Waals surface area contributed by atoms with Crippen LogP contribution in [0.2, 0.25) is 0 Å². The van der Waals surface area contributed by atoms with E-state index in [4.69, 9.17) is 0 Å². The SMILES string of the molecule is Cc1ccc(CC(=O)Cc2nccs2)cc1. The van der Waals surface area contributed by atoms with Crippen molar-refractivity contribution >= 4 is 17.1 Å². The summed E-state index contributed by atoms with van der Waals surface area (Å²) in [6.07, 6.45) is 2.69. The number of hydrogen-bond acceptors (Lipinski definition) is 3. The molecule has 1 aromatic heterocycles. The Morgan fingerprint density at radius 3 is 2.62 bits per heavy atom. The van der Waals surface area contributed by atoms with E-state index in [1.807, 2.05) is 36.6 Å². The topological polar surface area (TPSA) is 30.0 Å². The highest BCUT2D eigenvalue weighted by Crippen LogP contribution is 2.09. The number of nitrogens with zero attached hydrogens (tertiary/aromatic N) is 1. The van der Waals surface area contributed by atoms with Crippen LogP contribution in [0.3, 0.4) is 0 Å². The highest BCUT2D eigenvalue weighted by molar-refractivity contribution is 7.09. The Kier molecular flexibility index (Phi) is 3.47. The zero-order valence-electron chi connectivity index (χ0n) is 9.14. The van der Waals surface area contributed by atoms with Crippen LogP contribution in [0.5, 0.6) is 0 Å². The Hall–Kier alpha value is -1.48. The van der Waals surface area contributed by atoms with Gasteiger partial charge in [0.2, 0.25) is 0 Å². The summed E-state index contributed by atoms with van der Waals surface area (Å²) in [7, 11) is 0. The quantitative estimate of drug-likeness (QED) is 0.810. The van der Waals surface area contributed by atoms with Gasteiger partial charge in [-0.3, -0.25) is 4.79 Å².